The molecule has 0 aliphatic rings. The minimum Gasteiger partial charge on any atom is -0.465 e. The predicted octanol–water partition coefficient (Wildman–Crippen LogP) is 1.45. The highest BCUT2D eigenvalue weighted by Crippen LogP contribution is 2.08. The second-order valence-electron chi connectivity index (χ2n) is 3.77. The van der Waals surface area contributed by atoms with Crippen molar-refractivity contribution in [2.45, 2.75) is 6.92 Å². The number of aryl methyl sites for hydroxylation is 1. The Bertz CT molecular complexity index is 507. The van der Waals surface area contributed by atoms with Crippen LogP contribution in [0, 0.1) is 6.92 Å². The van der Waals surface area contributed by atoms with Crippen LogP contribution in [0.4, 0.5) is 0 Å². The number of rotatable bonds is 4. The summed E-state index contributed by atoms with van der Waals surface area (Å²) in [7, 11) is 2.24. The Kier molecular flexibility index (Phi) is 5.00. The molecule has 0 aliphatic heterocycles. The molecule has 0 aromatic heterocycles. The van der Waals surface area contributed by atoms with Gasteiger partial charge in [0.05, 0.1) is 14.2 Å². The maximum absolute atomic E-state index is 11.9. The highest BCUT2D eigenvalue weighted by atomic mass is 16.5. The third-order valence-electron chi connectivity index (χ3n) is 2.42. The van der Waals surface area contributed by atoms with Crippen LogP contribution in [0.15, 0.2) is 35.9 Å². The molecule has 0 saturated carbocycles. The van der Waals surface area contributed by atoms with Crippen LogP contribution in [-0.2, 0) is 19.1 Å². The molecule has 0 aliphatic carbocycles. The Morgan fingerprint density at radius 1 is 0.947 bits per heavy atom. The van der Waals surface area contributed by atoms with E-state index in [-0.39, 0.29) is 0 Å². The minimum atomic E-state index is -0.910. The summed E-state index contributed by atoms with van der Waals surface area (Å²) in [5.74, 6) is -2.29. The summed E-state index contributed by atoms with van der Waals surface area (Å²) in [6, 6.07) is 6.74. The zero-order valence-electron chi connectivity index (χ0n) is 10.9. The highest BCUT2D eigenvalue weighted by Gasteiger charge is 2.21. The molecule has 100 valence electrons. The van der Waals surface area contributed by atoms with Gasteiger partial charge in [-0.05, 0) is 6.92 Å². The molecule has 0 fully saturated rings. The summed E-state index contributed by atoms with van der Waals surface area (Å²) >= 11 is 0. The number of carbonyl (C=O) groups excluding carboxylic acids is 3. The lowest BCUT2D eigenvalue weighted by molar-refractivity contribution is -0.144. The number of ketones is 1. The number of carbonyl (C=O) groups is 3. The molecule has 0 bridgehead atoms. The Hall–Kier alpha value is -2.43. The second kappa shape index (κ2) is 6.49. The smallest absolute Gasteiger partial charge is 0.345 e. The number of methoxy groups -OCH3 is 2. The Labute approximate surface area is 110 Å². The SMILES string of the molecule is COC(=O)C(=CC(=O)c1ccc(C)cc1)C(=O)OC. The summed E-state index contributed by atoms with van der Waals surface area (Å²) in [5.41, 5.74) is 0.938. The van der Waals surface area contributed by atoms with Crippen molar-refractivity contribution in [2.24, 2.45) is 0 Å². The molecule has 1 rings (SSSR count). The zero-order chi connectivity index (χ0) is 14.4. The lowest BCUT2D eigenvalue weighted by Gasteiger charge is -2.03. The molecule has 0 saturated heterocycles. The first kappa shape index (κ1) is 14.6. The molecule has 1 aromatic rings. The summed E-state index contributed by atoms with van der Waals surface area (Å²) in [4.78, 5) is 34.7. The van der Waals surface area contributed by atoms with Gasteiger partial charge in [0.15, 0.2) is 5.78 Å². The van der Waals surface area contributed by atoms with Crippen LogP contribution in [0.25, 0.3) is 0 Å². The lowest BCUT2D eigenvalue weighted by Crippen LogP contribution is -2.17. The molecule has 19 heavy (non-hydrogen) atoms. The van der Waals surface area contributed by atoms with Crippen molar-refractivity contribution in [1.82, 2.24) is 0 Å². The normalized spacial score (nSPS) is 9.42. The molecule has 0 spiro atoms. The quantitative estimate of drug-likeness (QED) is 0.270. The van der Waals surface area contributed by atoms with E-state index in [2.05, 4.69) is 9.47 Å². The van der Waals surface area contributed by atoms with Crippen LogP contribution in [-0.4, -0.2) is 31.9 Å². The van der Waals surface area contributed by atoms with Crippen LogP contribution < -0.4 is 0 Å². The summed E-state index contributed by atoms with van der Waals surface area (Å²) in [6.45, 7) is 1.89. The van der Waals surface area contributed by atoms with Gasteiger partial charge >= 0.3 is 11.9 Å². The van der Waals surface area contributed by atoms with Crippen molar-refractivity contribution in [1.29, 1.82) is 0 Å². The summed E-state index contributed by atoms with van der Waals surface area (Å²) < 4.78 is 8.86. The Balaban J connectivity index is 3.08. The number of ether oxygens (including phenoxy) is 2. The van der Waals surface area contributed by atoms with Gasteiger partial charge in [-0.2, -0.15) is 0 Å². The predicted molar refractivity (Wildman–Crippen MR) is 67.6 cm³/mol. The van der Waals surface area contributed by atoms with E-state index >= 15 is 0 Å². The summed E-state index contributed by atoms with van der Waals surface area (Å²) in [6.07, 6.45) is 0.919. The fourth-order valence-electron chi connectivity index (χ4n) is 1.35. The van der Waals surface area contributed by atoms with Crippen LogP contribution >= 0.6 is 0 Å². The number of hydrogen-bond acceptors (Lipinski definition) is 5. The maximum Gasteiger partial charge on any atom is 0.345 e. The summed E-state index contributed by atoms with van der Waals surface area (Å²) in [5, 5.41) is 0. The van der Waals surface area contributed by atoms with E-state index in [9.17, 15) is 14.4 Å². The van der Waals surface area contributed by atoms with Gasteiger partial charge in [-0.25, -0.2) is 9.59 Å². The molecule has 1 aromatic carbocycles. The van der Waals surface area contributed by atoms with Gasteiger partial charge in [0.1, 0.15) is 5.57 Å². The molecule has 0 atom stereocenters. The van der Waals surface area contributed by atoms with Gasteiger partial charge in [0.2, 0.25) is 0 Å². The van der Waals surface area contributed by atoms with E-state index in [1.807, 2.05) is 6.92 Å². The van der Waals surface area contributed by atoms with Gasteiger partial charge < -0.3 is 9.47 Å². The maximum atomic E-state index is 11.9. The first-order chi connectivity index (χ1) is 8.99. The third-order valence-corrected chi connectivity index (χ3v) is 2.42. The van der Waals surface area contributed by atoms with E-state index in [0.29, 0.717) is 5.56 Å². The number of benzene rings is 1. The van der Waals surface area contributed by atoms with E-state index in [4.69, 9.17) is 0 Å². The van der Waals surface area contributed by atoms with Crippen LogP contribution in [0.5, 0.6) is 0 Å². The molecule has 0 heterocycles. The molecule has 0 radical (unpaired) electrons. The van der Waals surface area contributed by atoms with Crippen LogP contribution in [0.1, 0.15) is 15.9 Å². The van der Waals surface area contributed by atoms with Gasteiger partial charge in [-0.3, -0.25) is 4.79 Å². The molecular formula is C14H14O5. The van der Waals surface area contributed by atoms with Gasteiger partial charge in [0.25, 0.3) is 0 Å². The van der Waals surface area contributed by atoms with Gasteiger partial charge in [-0.1, -0.05) is 29.8 Å². The average Bonchev–Trinajstić information content (AvgIpc) is 2.43. The fourth-order valence-corrected chi connectivity index (χ4v) is 1.35. The number of allylic oxidation sites excluding steroid dienone is 1. The first-order valence-corrected chi connectivity index (χ1v) is 5.49. The van der Waals surface area contributed by atoms with Crippen molar-refractivity contribution in [3.8, 4) is 0 Å². The fraction of sp³-hybridized carbons (Fsp3) is 0.214. The van der Waals surface area contributed by atoms with Crippen LogP contribution in [0.3, 0.4) is 0 Å². The van der Waals surface area contributed by atoms with Crippen molar-refractivity contribution >= 4 is 17.7 Å². The molecule has 5 nitrogen and oxygen atoms in total. The largest absolute Gasteiger partial charge is 0.465 e. The molecule has 0 unspecified atom stereocenters. The van der Waals surface area contributed by atoms with Crippen molar-refractivity contribution < 1.29 is 23.9 Å². The van der Waals surface area contributed by atoms with Gasteiger partial charge in [0, 0.05) is 11.6 Å². The number of hydrogen-bond donors (Lipinski definition) is 0. The van der Waals surface area contributed by atoms with E-state index < -0.39 is 23.3 Å². The zero-order valence-corrected chi connectivity index (χ0v) is 10.9. The van der Waals surface area contributed by atoms with E-state index in [0.717, 1.165) is 25.9 Å². The molecule has 0 N–H and O–H groups in total. The lowest BCUT2D eigenvalue weighted by atomic mass is 10.1. The molecule has 5 heteroatoms. The molecule has 0 amide bonds. The average molecular weight is 262 g/mol. The first-order valence-electron chi connectivity index (χ1n) is 5.49. The standard InChI is InChI=1S/C14H14O5/c1-9-4-6-10(7-5-9)12(15)8-11(13(16)18-2)14(17)19-3/h4-8H,1-3H3. The Morgan fingerprint density at radius 2 is 1.42 bits per heavy atom. The van der Waals surface area contributed by atoms with Crippen molar-refractivity contribution in [3.05, 3.63) is 47.0 Å². The van der Waals surface area contributed by atoms with E-state index in [1.54, 1.807) is 24.3 Å². The highest BCUT2D eigenvalue weighted by molar-refractivity contribution is 6.20. The van der Waals surface area contributed by atoms with Gasteiger partial charge in [-0.15, -0.1) is 0 Å². The van der Waals surface area contributed by atoms with E-state index in [1.165, 1.54) is 0 Å². The van der Waals surface area contributed by atoms with Crippen molar-refractivity contribution in [3.63, 3.8) is 0 Å². The third kappa shape index (κ3) is 3.77. The number of esters is 2. The minimum absolute atomic E-state index is 0.371. The van der Waals surface area contributed by atoms with Crippen LogP contribution in [0.2, 0.25) is 0 Å². The molecular weight excluding hydrogens is 248 g/mol. The Morgan fingerprint density at radius 3 is 1.84 bits per heavy atom. The van der Waals surface area contributed by atoms with Crippen molar-refractivity contribution in [2.75, 3.05) is 14.2 Å². The monoisotopic (exact) mass is 262 g/mol. The topological polar surface area (TPSA) is 69.7 Å². The second-order valence-corrected chi connectivity index (χ2v) is 3.77.